The summed E-state index contributed by atoms with van der Waals surface area (Å²) < 4.78 is 4.90. The Morgan fingerprint density at radius 1 is 1.21 bits per heavy atom. The highest BCUT2D eigenvalue weighted by Crippen LogP contribution is 2.09. The first-order valence-corrected chi connectivity index (χ1v) is 4.68. The minimum Gasteiger partial charge on any atom is -0.454 e. The minimum atomic E-state index is -0.848. The fraction of sp³-hybridized carbons (Fsp3) is 0.800. The van der Waals surface area contributed by atoms with E-state index >= 15 is 0 Å². The van der Waals surface area contributed by atoms with E-state index in [2.05, 4.69) is 0 Å². The Balaban J connectivity index is 4.35. The van der Waals surface area contributed by atoms with Gasteiger partial charge in [-0.2, -0.15) is 0 Å². The average molecular weight is 201 g/mol. The van der Waals surface area contributed by atoms with Gasteiger partial charge in [0.1, 0.15) is 5.60 Å². The van der Waals surface area contributed by atoms with Crippen molar-refractivity contribution < 1.29 is 14.3 Å². The van der Waals surface area contributed by atoms with Gasteiger partial charge in [-0.15, -0.1) is 0 Å². The minimum absolute atomic E-state index is 0.0602. The van der Waals surface area contributed by atoms with Crippen molar-refractivity contribution in [3.05, 3.63) is 0 Å². The fourth-order valence-corrected chi connectivity index (χ4v) is 0.767. The van der Waals surface area contributed by atoms with Crippen LogP contribution < -0.4 is 5.73 Å². The second-order valence-corrected chi connectivity index (χ2v) is 4.64. The van der Waals surface area contributed by atoms with Gasteiger partial charge in [-0.3, -0.25) is 4.79 Å². The number of esters is 1. The van der Waals surface area contributed by atoms with Gasteiger partial charge in [-0.25, -0.2) is 4.79 Å². The number of Topliss-reactive ketones (excluding diaryl/α,β-unsaturated/α-hetero) is 1. The molecule has 2 N–H and O–H groups in total. The number of hydrogen-bond acceptors (Lipinski definition) is 4. The second-order valence-electron chi connectivity index (χ2n) is 4.64. The molecule has 0 aliphatic rings. The maximum atomic E-state index is 11.4. The summed E-state index contributed by atoms with van der Waals surface area (Å²) in [6, 6.07) is -0.773. The Morgan fingerprint density at radius 2 is 1.64 bits per heavy atom. The van der Waals surface area contributed by atoms with E-state index in [0.29, 0.717) is 0 Å². The topological polar surface area (TPSA) is 69.4 Å². The Morgan fingerprint density at radius 3 is 1.93 bits per heavy atom. The van der Waals surface area contributed by atoms with E-state index in [1.54, 1.807) is 34.6 Å². The summed E-state index contributed by atoms with van der Waals surface area (Å²) >= 11 is 0. The summed E-state index contributed by atoms with van der Waals surface area (Å²) in [6.07, 6.45) is 0. The molecule has 4 nitrogen and oxygen atoms in total. The third-order valence-electron chi connectivity index (χ3n) is 1.62. The first kappa shape index (κ1) is 13.1. The summed E-state index contributed by atoms with van der Waals surface area (Å²) in [5.41, 5.74) is 4.88. The van der Waals surface area contributed by atoms with E-state index in [0.717, 1.165) is 0 Å². The quantitative estimate of drug-likeness (QED) is 0.543. The molecule has 0 heterocycles. The number of ketones is 1. The maximum Gasteiger partial charge on any atom is 0.376 e. The molecule has 4 heteroatoms. The summed E-state index contributed by atoms with van der Waals surface area (Å²) in [5, 5.41) is 0. The molecule has 0 aliphatic heterocycles. The third-order valence-corrected chi connectivity index (χ3v) is 1.62. The molecule has 0 bridgehead atoms. The lowest BCUT2D eigenvalue weighted by Gasteiger charge is -2.21. The Hall–Kier alpha value is -0.900. The molecule has 82 valence electrons. The molecule has 0 aromatic rings. The van der Waals surface area contributed by atoms with Crippen molar-refractivity contribution in [2.45, 2.75) is 46.3 Å². The largest absolute Gasteiger partial charge is 0.454 e. The van der Waals surface area contributed by atoms with E-state index in [9.17, 15) is 9.59 Å². The zero-order chi connectivity index (χ0) is 11.5. The van der Waals surface area contributed by atoms with Crippen molar-refractivity contribution in [3.63, 3.8) is 0 Å². The van der Waals surface area contributed by atoms with Crippen LogP contribution in [0.5, 0.6) is 0 Å². The van der Waals surface area contributed by atoms with Gasteiger partial charge < -0.3 is 10.5 Å². The van der Waals surface area contributed by atoms with Gasteiger partial charge in [-0.05, 0) is 26.7 Å². The van der Waals surface area contributed by atoms with E-state index in [4.69, 9.17) is 10.5 Å². The highest BCUT2D eigenvalue weighted by Gasteiger charge is 2.28. The van der Waals surface area contributed by atoms with Crippen LogP contribution in [0.3, 0.4) is 0 Å². The highest BCUT2D eigenvalue weighted by atomic mass is 16.6. The number of ether oxygens (including phenoxy) is 1. The van der Waals surface area contributed by atoms with Gasteiger partial charge in [-0.1, -0.05) is 13.8 Å². The van der Waals surface area contributed by atoms with Crippen molar-refractivity contribution in [1.82, 2.24) is 0 Å². The van der Waals surface area contributed by atoms with E-state index in [-0.39, 0.29) is 5.92 Å². The van der Waals surface area contributed by atoms with Crippen LogP contribution in [0.15, 0.2) is 0 Å². The molecule has 1 atom stereocenters. The first-order valence-electron chi connectivity index (χ1n) is 4.68. The van der Waals surface area contributed by atoms with Crippen molar-refractivity contribution in [2.75, 3.05) is 0 Å². The van der Waals surface area contributed by atoms with Crippen LogP contribution in [-0.4, -0.2) is 23.4 Å². The molecule has 0 spiro atoms. The molecular weight excluding hydrogens is 182 g/mol. The molecule has 0 aromatic heterocycles. The zero-order valence-corrected chi connectivity index (χ0v) is 9.46. The number of rotatable bonds is 3. The lowest BCUT2D eigenvalue weighted by atomic mass is 10.0. The van der Waals surface area contributed by atoms with Crippen LogP contribution in [0.4, 0.5) is 0 Å². The molecule has 0 saturated carbocycles. The summed E-state index contributed by atoms with van der Waals surface area (Å²) in [4.78, 5) is 22.6. The summed E-state index contributed by atoms with van der Waals surface area (Å²) in [5.74, 6) is -1.57. The number of carbonyl (C=O) groups is 2. The van der Waals surface area contributed by atoms with Crippen LogP contribution in [-0.2, 0) is 14.3 Å². The molecule has 0 amide bonds. The van der Waals surface area contributed by atoms with E-state index in [1.807, 2.05) is 0 Å². The zero-order valence-electron chi connectivity index (χ0n) is 9.46. The first-order chi connectivity index (χ1) is 6.15. The van der Waals surface area contributed by atoms with Gasteiger partial charge in [0.2, 0.25) is 0 Å². The number of hydrogen-bond donors (Lipinski definition) is 1. The Labute approximate surface area is 84.8 Å². The smallest absolute Gasteiger partial charge is 0.376 e. The highest BCUT2D eigenvalue weighted by molar-refractivity contribution is 6.35. The standard InChI is InChI=1S/C10H19NO3/c1-6(2)7(11)8(12)9(13)14-10(3,4)5/h6-7H,11H2,1-5H3/t7-/m0/s1. The number of nitrogens with two attached hydrogens (primary N) is 1. The number of carbonyl (C=O) groups excluding carboxylic acids is 2. The van der Waals surface area contributed by atoms with Gasteiger partial charge in [0.05, 0.1) is 6.04 Å². The Kier molecular flexibility index (Phi) is 4.26. The molecule has 0 fully saturated rings. The lowest BCUT2D eigenvalue weighted by Crippen LogP contribution is -2.42. The van der Waals surface area contributed by atoms with Crippen LogP contribution >= 0.6 is 0 Å². The molecule has 0 unspecified atom stereocenters. The molecule has 0 saturated heterocycles. The molecular formula is C10H19NO3. The summed E-state index contributed by atoms with van der Waals surface area (Å²) in [6.45, 7) is 8.69. The predicted octanol–water partition coefficient (Wildman–Crippen LogP) is 0.880. The average Bonchev–Trinajstić information content (AvgIpc) is 1.98. The maximum absolute atomic E-state index is 11.4. The van der Waals surface area contributed by atoms with Crippen LogP contribution in [0, 0.1) is 5.92 Å². The Bertz CT molecular complexity index is 228. The lowest BCUT2D eigenvalue weighted by molar-refractivity contribution is -0.163. The van der Waals surface area contributed by atoms with Gasteiger partial charge in [0.15, 0.2) is 0 Å². The van der Waals surface area contributed by atoms with E-state index < -0.39 is 23.4 Å². The monoisotopic (exact) mass is 201 g/mol. The van der Waals surface area contributed by atoms with Crippen LogP contribution in [0.1, 0.15) is 34.6 Å². The summed E-state index contributed by atoms with van der Waals surface area (Å²) in [7, 11) is 0. The molecule has 0 aliphatic carbocycles. The molecule has 0 rings (SSSR count). The van der Waals surface area contributed by atoms with Crippen molar-refractivity contribution in [3.8, 4) is 0 Å². The molecule has 0 radical (unpaired) electrons. The second kappa shape index (κ2) is 4.55. The van der Waals surface area contributed by atoms with E-state index in [1.165, 1.54) is 0 Å². The van der Waals surface area contributed by atoms with Gasteiger partial charge in [0, 0.05) is 0 Å². The molecule has 14 heavy (non-hydrogen) atoms. The van der Waals surface area contributed by atoms with Crippen LogP contribution in [0.2, 0.25) is 0 Å². The van der Waals surface area contributed by atoms with Crippen molar-refractivity contribution >= 4 is 11.8 Å². The third kappa shape index (κ3) is 4.37. The van der Waals surface area contributed by atoms with Crippen LogP contribution in [0.25, 0.3) is 0 Å². The predicted molar refractivity (Wildman–Crippen MR) is 53.7 cm³/mol. The van der Waals surface area contributed by atoms with Gasteiger partial charge in [0.25, 0.3) is 5.78 Å². The normalized spacial score (nSPS) is 13.9. The van der Waals surface area contributed by atoms with Gasteiger partial charge >= 0.3 is 5.97 Å². The van der Waals surface area contributed by atoms with Crippen molar-refractivity contribution in [2.24, 2.45) is 11.7 Å². The fourth-order valence-electron chi connectivity index (χ4n) is 0.767. The molecule has 0 aromatic carbocycles. The van der Waals surface area contributed by atoms with Crippen molar-refractivity contribution in [1.29, 1.82) is 0 Å². The SMILES string of the molecule is CC(C)[C@H](N)C(=O)C(=O)OC(C)(C)C.